The summed E-state index contributed by atoms with van der Waals surface area (Å²) in [5, 5.41) is 1.00. The van der Waals surface area contributed by atoms with Crippen LogP contribution in [0.5, 0.6) is 0 Å². The molecule has 1 fully saturated rings. The maximum Gasteiger partial charge on any atom is 0.170 e. The van der Waals surface area contributed by atoms with Crippen molar-refractivity contribution in [3.8, 4) is 0 Å². The highest BCUT2D eigenvalue weighted by atomic mass is 32.2. The van der Waals surface area contributed by atoms with E-state index in [9.17, 15) is 4.79 Å². The Morgan fingerprint density at radius 3 is 3.05 bits per heavy atom. The molecule has 0 saturated heterocycles. The second-order valence-electron chi connectivity index (χ2n) is 5.45. The van der Waals surface area contributed by atoms with Gasteiger partial charge in [0.05, 0.1) is 16.3 Å². The number of nitrogens with zero attached hydrogens (tertiary/aromatic N) is 2. The molecule has 1 aliphatic rings. The topological polar surface area (TPSA) is 34.9 Å². The SMILES string of the molecule is C=CCn1c(SC2CCCCCC2=O)nc2ccccc21. The van der Waals surface area contributed by atoms with E-state index >= 15 is 0 Å². The first-order valence-electron chi connectivity index (χ1n) is 7.55. The number of aromatic nitrogens is 2. The molecule has 0 spiro atoms. The Kier molecular flexibility index (Phi) is 4.44. The number of benzene rings is 1. The quantitative estimate of drug-likeness (QED) is 0.626. The van der Waals surface area contributed by atoms with Gasteiger partial charge in [-0.15, -0.1) is 6.58 Å². The summed E-state index contributed by atoms with van der Waals surface area (Å²) < 4.78 is 2.16. The Bertz CT molecular complexity index is 662. The molecule has 1 aromatic heterocycles. The standard InChI is InChI=1S/C17H20N2OS/c1-2-12-19-14-9-7-6-8-13(14)18-17(19)21-16-11-5-3-4-10-15(16)20/h2,6-9,16H,1,3-5,10-12H2. The molecule has 4 heteroatoms. The second kappa shape index (κ2) is 6.48. The molecular formula is C17H20N2OS. The summed E-state index contributed by atoms with van der Waals surface area (Å²) in [6.07, 6.45) is 6.93. The lowest BCUT2D eigenvalue weighted by Gasteiger charge is -2.13. The molecular weight excluding hydrogens is 280 g/mol. The Morgan fingerprint density at radius 1 is 1.33 bits per heavy atom. The summed E-state index contributed by atoms with van der Waals surface area (Å²) in [5.41, 5.74) is 2.10. The van der Waals surface area contributed by atoms with Gasteiger partial charge in [-0.2, -0.15) is 0 Å². The van der Waals surface area contributed by atoms with Crippen LogP contribution in [0.3, 0.4) is 0 Å². The van der Waals surface area contributed by atoms with Crippen LogP contribution in [0.25, 0.3) is 11.0 Å². The van der Waals surface area contributed by atoms with Gasteiger partial charge in [-0.05, 0) is 25.0 Å². The van der Waals surface area contributed by atoms with Crippen LogP contribution in [-0.2, 0) is 11.3 Å². The molecule has 1 heterocycles. The lowest BCUT2D eigenvalue weighted by Crippen LogP contribution is -2.16. The minimum atomic E-state index is 0.0628. The lowest BCUT2D eigenvalue weighted by atomic mass is 10.2. The van der Waals surface area contributed by atoms with Crippen molar-refractivity contribution in [1.82, 2.24) is 9.55 Å². The molecule has 0 N–H and O–H groups in total. The molecule has 21 heavy (non-hydrogen) atoms. The number of carbonyl (C=O) groups excluding carboxylic acids is 1. The summed E-state index contributed by atoms with van der Waals surface area (Å²) in [6.45, 7) is 4.56. The van der Waals surface area contributed by atoms with Crippen LogP contribution in [-0.4, -0.2) is 20.6 Å². The normalized spacial score (nSPS) is 19.6. The summed E-state index contributed by atoms with van der Waals surface area (Å²) in [7, 11) is 0. The van der Waals surface area contributed by atoms with Crippen molar-refractivity contribution in [3.05, 3.63) is 36.9 Å². The van der Waals surface area contributed by atoms with Crippen LogP contribution in [0.15, 0.2) is 42.1 Å². The van der Waals surface area contributed by atoms with Crippen molar-refractivity contribution in [2.24, 2.45) is 0 Å². The zero-order valence-electron chi connectivity index (χ0n) is 12.1. The predicted molar refractivity (Wildman–Crippen MR) is 87.7 cm³/mol. The van der Waals surface area contributed by atoms with Crippen molar-refractivity contribution in [2.45, 2.75) is 49.1 Å². The number of allylic oxidation sites excluding steroid dienone is 1. The Balaban J connectivity index is 1.93. The molecule has 1 aromatic carbocycles. The molecule has 2 aromatic rings. The third kappa shape index (κ3) is 3.05. The minimum absolute atomic E-state index is 0.0628. The zero-order chi connectivity index (χ0) is 14.7. The number of ketones is 1. The highest BCUT2D eigenvalue weighted by molar-refractivity contribution is 8.00. The van der Waals surface area contributed by atoms with E-state index in [-0.39, 0.29) is 5.25 Å². The van der Waals surface area contributed by atoms with Gasteiger partial charge >= 0.3 is 0 Å². The van der Waals surface area contributed by atoms with E-state index in [1.165, 1.54) is 6.42 Å². The number of hydrogen-bond donors (Lipinski definition) is 0. The highest BCUT2D eigenvalue weighted by Crippen LogP contribution is 2.32. The van der Waals surface area contributed by atoms with Gasteiger partial charge in [-0.3, -0.25) is 4.79 Å². The molecule has 1 aliphatic carbocycles. The minimum Gasteiger partial charge on any atom is -0.315 e. The largest absolute Gasteiger partial charge is 0.315 e. The number of imidazole rings is 1. The van der Waals surface area contributed by atoms with Crippen LogP contribution in [0.1, 0.15) is 32.1 Å². The van der Waals surface area contributed by atoms with Gasteiger partial charge in [0.1, 0.15) is 5.78 Å². The Morgan fingerprint density at radius 2 is 2.19 bits per heavy atom. The molecule has 1 saturated carbocycles. The first kappa shape index (κ1) is 14.4. The fraction of sp³-hybridized carbons (Fsp3) is 0.412. The number of Topliss-reactive ketones (excluding diaryl/α,β-unsaturated/α-hetero) is 1. The first-order chi connectivity index (χ1) is 10.3. The molecule has 3 nitrogen and oxygen atoms in total. The predicted octanol–water partition coefficient (Wildman–Crippen LogP) is 4.22. The fourth-order valence-electron chi connectivity index (χ4n) is 2.83. The molecule has 110 valence electrons. The van der Waals surface area contributed by atoms with E-state index in [1.807, 2.05) is 24.3 Å². The first-order valence-corrected chi connectivity index (χ1v) is 8.43. The highest BCUT2D eigenvalue weighted by Gasteiger charge is 2.24. The van der Waals surface area contributed by atoms with Gasteiger partial charge in [0.2, 0.25) is 0 Å². The zero-order valence-corrected chi connectivity index (χ0v) is 12.9. The smallest absolute Gasteiger partial charge is 0.170 e. The molecule has 1 atom stereocenters. The van der Waals surface area contributed by atoms with E-state index < -0.39 is 0 Å². The maximum absolute atomic E-state index is 12.2. The van der Waals surface area contributed by atoms with E-state index in [2.05, 4.69) is 17.2 Å². The Labute approximate surface area is 129 Å². The molecule has 1 unspecified atom stereocenters. The number of thioether (sulfide) groups is 1. The van der Waals surface area contributed by atoms with E-state index in [0.29, 0.717) is 5.78 Å². The number of fused-ring (bicyclic) bond motifs is 1. The van der Waals surface area contributed by atoms with Crippen molar-refractivity contribution in [1.29, 1.82) is 0 Å². The van der Waals surface area contributed by atoms with Crippen LogP contribution in [0.2, 0.25) is 0 Å². The van der Waals surface area contributed by atoms with Crippen molar-refractivity contribution >= 4 is 28.6 Å². The van der Waals surface area contributed by atoms with Crippen LogP contribution in [0.4, 0.5) is 0 Å². The average Bonchev–Trinajstić information content (AvgIpc) is 2.70. The number of rotatable bonds is 4. The van der Waals surface area contributed by atoms with Crippen LogP contribution in [0, 0.1) is 0 Å². The molecule has 0 amide bonds. The summed E-state index contributed by atoms with van der Waals surface area (Å²) in [4.78, 5) is 16.9. The van der Waals surface area contributed by atoms with Gasteiger partial charge in [-0.1, -0.05) is 42.8 Å². The number of para-hydroxylation sites is 2. The van der Waals surface area contributed by atoms with Crippen molar-refractivity contribution < 1.29 is 4.79 Å². The molecule has 3 rings (SSSR count). The van der Waals surface area contributed by atoms with E-state index in [4.69, 9.17) is 4.98 Å². The monoisotopic (exact) mass is 300 g/mol. The summed E-state index contributed by atoms with van der Waals surface area (Å²) in [6, 6.07) is 8.12. The van der Waals surface area contributed by atoms with Crippen LogP contribution >= 0.6 is 11.8 Å². The van der Waals surface area contributed by atoms with Gasteiger partial charge in [0.25, 0.3) is 0 Å². The van der Waals surface area contributed by atoms with E-state index in [1.54, 1.807) is 11.8 Å². The third-order valence-corrected chi connectivity index (χ3v) is 5.23. The molecule has 0 aliphatic heterocycles. The average molecular weight is 300 g/mol. The summed E-state index contributed by atoms with van der Waals surface area (Å²) in [5.74, 6) is 0.384. The van der Waals surface area contributed by atoms with Crippen LogP contribution < -0.4 is 0 Å². The van der Waals surface area contributed by atoms with E-state index in [0.717, 1.165) is 48.4 Å². The molecule has 0 radical (unpaired) electrons. The van der Waals surface area contributed by atoms with Gasteiger partial charge < -0.3 is 4.57 Å². The van der Waals surface area contributed by atoms with Crippen molar-refractivity contribution in [2.75, 3.05) is 0 Å². The second-order valence-corrected chi connectivity index (χ2v) is 6.62. The van der Waals surface area contributed by atoms with Crippen molar-refractivity contribution in [3.63, 3.8) is 0 Å². The van der Waals surface area contributed by atoms with Gasteiger partial charge in [0.15, 0.2) is 5.16 Å². The number of carbonyl (C=O) groups is 1. The number of hydrogen-bond acceptors (Lipinski definition) is 3. The van der Waals surface area contributed by atoms with Gasteiger partial charge in [0, 0.05) is 13.0 Å². The molecule has 0 bridgehead atoms. The maximum atomic E-state index is 12.2. The van der Waals surface area contributed by atoms with Gasteiger partial charge in [-0.25, -0.2) is 4.98 Å². The lowest BCUT2D eigenvalue weighted by molar-refractivity contribution is -0.118. The Hall–Kier alpha value is -1.55. The third-order valence-electron chi connectivity index (χ3n) is 3.93. The fourth-order valence-corrected chi connectivity index (χ4v) is 4.07. The summed E-state index contributed by atoms with van der Waals surface area (Å²) >= 11 is 1.63.